The predicted molar refractivity (Wildman–Crippen MR) is 91.2 cm³/mol. The van der Waals surface area contributed by atoms with Crippen LogP contribution in [0.4, 0.5) is 0 Å². The van der Waals surface area contributed by atoms with E-state index >= 15 is 0 Å². The standard InChI is InChI=1S/C17H18N4OS/c1-23-17-19-16-18-14-10-6-5-9-13(14)15(22)21(16)20(17)11-12-7-3-2-4-8-12/h2-4,7-8H,5-6,9-11H2,1H3. The molecule has 0 N–H and O–H groups in total. The van der Waals surface area contributed by atoms with Gasteiger partial charge in [0.2, 0.25) is 0 Å². The van der Waals surface area contributed by atoms with Crippen molar-refractivity contribution >= 4 is 17.5 Å². The van der Waals surface area contributed by atoms with Crippen LogP contribution in [0.2, 0.25) is 0 Å². The van der Waals surface area contributed by atoms with Gasteiger partial charge in [-0.2, -0.15) is 9.50 Å². The van der Waals surface area contributed by atoms with Crippen molar-refractivity contribution in [2.24, 2.45) is 0 Å². The Kier molecular flexibility index (Phi) is 3.69. The van der Waals surface area contributed by atoms with Gasteiger partial charge >= 0.3 is 0 Å². The molecule has 5 nitrogen and oxygen atoms in total. The highest BCUT2D eigenvalue weighted by atomic mass is 32.2. The summed E-state index contributed by atoms with van der Waals surface area (Å²) in [7, 11) is 0. The first kappa shape index (κ1) is 14.5. The van der Waals surface area contributed by atoms with Crippen LogP contribution in [0.5, 0.6) is 0 Å². The zero-order valence-electron chi connectivity index (χ0n) is 13.0. The average molecular weight is 326 g/mol. The number of benzene rings is 1. The van der Waals surface area contributed by atoms with E-state index in [1.165, 1.54) is 0 Å². The van der Waals surface area contributed by atoms with Gasteiger partial charge in [-0.15, -0.1) is 0 Å². The molecule has 0 radical (unpaired) electrons. The largest absolute Gasteiger partial charge is 0.277 e. The lowest BCUT2D eigenvalue weighted by molar-refractivity contribution is 0.553. The topological polar surface area (TPSA) is 52.2 Å². The zero-order valence-corrected chi connectivity index (χ0v) is 13.8. The molecule has 0 spiro atoms. The third-order valence-electron chi connectivity index (χ3n) is 4.33. The fourth-order valence-electron chi connectivity index (χ4n) is 3.19. The van der Waals surface area contributed by atoms with Crippen molar-refractivity contribution in [3.05, 3.63) is 57.5 Å². The predicted octanol–water partition coefficient (Wildman–Crippen LogP) is 2.54. The number of hydrogen-bond donors (Lipinski definition) is 0. The number of aromatic nitrogens is 4. The molecule has 1 aliphatic rings. The molecule has 6 heteroatoms. The minimum atomic E-state index is 0.0495. The Morgan fingerprint density at radius 3 is 2.70 bits per heavy atom. The number of aryl methyl sites for hydroxylation is 1. The van der Waals surface area contributed by atoms with Crippen molar-refractivity contribution in [1.29, 1.82) is 0 Å². The highest BCUT2D eigenvalue weighted by molar-refractivity contribution is 7.98. The van der Waals surface area contributed by atoms with E-state index in [9.17, 15) is 4.79 Å². The van der Waals surface area contributed by atoms with Gasteiger partial charge in [0, 0.05) is 5.56 Å². The van der Waals surface area contributed by atoms with Gasteiger partial charge in [0.05, 0.1) is 12.2 Å². The molecule has 23 heavy (non-hydrogen) atoms. The molecule has 0 bridgehead atoms. The van der Waals surface area contributed by atoms with Crippen molar-refractivity contribution in [2.45, 2.75) is 37.4 Å². The molecule has 4 rings (SSSR count). The lowest BCUT2D eigenvalue weighted by Gasteiger charge is -2.14. The van der Waals surface area contributed by atoms with Crippen LogP contribution in [-0.2, 0) is 19.4 Å². The maximum absolute atomic E-state index is 13.0. The first-order valence-corrected chi connectivity index (χ1v) is 9.09. The second-order valence-electron chi connectivity index (χ2n) is 5.80. The fourth-order valence-corrected chi connectivity index (χ4v) is 3.72. The quantitative estimate of drug-likeness (QED) is 0.694. The Morgan fingerprint density at radius 2 is 1.91 bits per heavy atom. The Labute approximate surface area is 138 Å². The van der Waals surface area contributed by atoms with Crippen LogP contribution in [0, 0.1) is 0 Å². The molecular weight excluding hydrogens is 308 g/mol. The summed E-state index contributed by atoms with van der Waals surface area (Å²) in [4.78, 5) is 22.2. The van der Waals surface area contributed by atoms with Crippen LogP contribution in [0.25, 0.3) is 5.78 Å². The van der Waals surface area contributed by atoms with Crippen LogP contribution in [0.1, 0.15) is 29.7 Å². The molecule has 1 aromatic carbocycles. The Bertz CT molecular complexity index is 914. The highest BCUT2D eigenvalue weighted by Crippen LogP contribution is 2.20. The Balaban J connectivity index is 1.93. The Hall–Kier alpha value is -2.08. The van der Waals surface area contributed by atoms with Crippen molar-refractivity contribution in [3.63, 3.8) is 0 Å². The maximum atomic E-state index is 13.0. The van der Waals surface area contributed by atoms with Gasteiger partial charge in [-0.25, -0.2) is 9.67 Å². The molecular formula is C17H18N4OS. The molecule has 3 aromatic rings. The molecule has 2 aromatic heterocycles. The summed E-state index contributed by atoms with van der Waals surface area (Å²) in [6, 6.07) is 10.1. The van der Waals surface area contributed by atoms with Crippen LogP contribution in [0.3, 0.4) is 0 Å². The number of hydrogen-bond acceptors (Lipinski definition) is 4. The number of rotatable bonds is 3. The minimum absolute atomic E-state index is 0.0495. The summed E-state index contributed by atoms with van der Waals surface area (Å²) in [5, 5.41) is 0.820. The highest BCUT2D eigenvalue weighted by Gasteiger charge is 2.21. The van der Waals surface area contributed by atoms with Gasteiger partial charge < -0.3 is 0 Å². The summed E-state index contributed by atoms with van der Waals surface area (Å²) in [6.07, 6.45) is 5.87. The van der Waals surface area contributed by atoms with E-state index in [1.54, 1.807) is 16.3 Å². The zero-order chi connectivity index (χ0) is 15.8. The van der Waals surface area contributed by atoms with Crippen molar-refractivity contribution in [1.82, 2.24) is 19.2 Å². The molecule has 118 valence electrons. The van der Waals surface area contributed by atoms with Gasteiger partial charge in [-0.3, -0.25) is 4.79 Å². The van der Waals surface area contributed by atoms with Gasteiger partial charge in [0.1, 0.15) is 0 Å². The molecule has 0 aliphatic heterocycles. The van der Waals surface area contributed by atoms with E-state index in [0.29, 0.717) is 12.3 Å². The van der Waals surface area contributed by atoms with Crippen LogP contribution in [-0.4, -0.2) is 25.4 Å². The second kappa shape index (κ2) is 5.85. The van der Waals surface area contributed by atoms with Gasteiger partial charge in [0.15, 0.2) is 5.16 Å². The molecule has 0 amide bonds. The van der Waals surface area contributed by atoms with E-state index in [4.69, 9.17) is 0 Å². The van der Waals surface area contributed by atoms with Crippen LogP contribution in [0.15, 0.2) is 40.3 Å². The average Bonchev–Trinajstić information content (AvgIpc) is 2.94. The molecule has 1 aliphatic carbocycles. The summed E-state index contributed by atoms with van der Waals surface area (Å²) in [5.74, 6) is 0.524. The monoisotopic (exact) mass is 326 g/mol. The van der Waals surface area contributed by atoms with Crippen LogP contribution < -0.4 is 5.56 Å². The van der Waals surface area contributed by atoms with Crippen molar-refractivity contribution in [2.75, 3.05) is 6.26 Å². The molecule has 0 saturated heterocycles. The van der Waals surface area contributed by atoms with Crippen molar-refractivity contribution < 1.29 is 0 Å². The summed E-state index contributed by atoms with van der Waals surface area (Å²) < 4.78 is 3.60. The molecule has 0 unspecified atom stereocenters. The number of thioether (sulfide) groups is 1. The summed E-state index contributed by atoms with van der Waals surface area (Å²) in [6.45, 7) is 0.619. The van der Waals surface area contributed by atoms with E-state index in [-0.39, 0.29) is 5.56 Å². The molecule has 0 fully saturated rings. The first-order chi connectivity index (χ1) is 11.3. The minimum Gasteiger partial charge on any atom is -0.267 e. The third kappa shape index (κ3) is 2.47. The molecule has 0 atom stereocenters. The van der Waals surface area contributed by atoms with E-state index < -0.39 is 0 Å². The summed E-state index contributed by atoms with van der Waals surface area (Å²) in [5.41, 5.74) is 3.01. The SMILES string of the molecule is CSc1nc2nc3c(c(=O)n2n1Cc1ccccc1)CCCC3. The van der Waals surface area contributed by atoms with Crippen LogP contribution >= 0.6 is 11.8 Å². The molecule has 0 saturated carbocycles. The first-order valence-electron chi connectivity index (χ1n) is 7.87. The van der Waals surface area contributed by atoms with Crippen molar-refractivity contribution in [3.8, 4) is 0 Å². The lowest BCUT2D eigenvalue weighted by atomic mass is 9.97. The molecule has 2 heterocycles. The normalized spacial score (nSPS) is 14.1. The smallest absolute Gasteiger partial charge is 0.267 e. The summed E-state index contributed by atoms with van der Waals surface area (Å²) >= 11 is 1.54. The van der Waals surface area contributed by atoms with Gasteiger partial charge in [-0.05, 0) is 37.5 Å². The van der Waals surface area contributed by atoms with E-state index in [1.807, 2.05) is 29.1 Å². The van der Waals surface area contributed by atoms with E-state index in [0.717, 1.165) is 47.7 Å². The third-order valence-corrected chi connectivity index (χ3v) is 5.00. The lowest BCUT2D eigenvalue weighted by Crippen LogP contribution is -2.28. The van der Waals surface area contributed by atoms with Gasteiger partial charge in [-0.1, -0.05) is 42.1 Å². The second-order valence-corrected chi connectivity index (χ2v) is 6.58. The van der Waals surface area contributed by atoms with E-state index in [2.05, 4.69) is 22.1 Å². The maximum Gasteiger partial charge on any atom is 0.277 e. The Morgan fingerprint density at radius 1 is 1.13 bits per heavy atom. The van der Waals surface area contributed by atoms with Gasteiger partial charge in [0.25, 0.3) is 11.3 Å². The number of nitrogens with zero attached hydrogens (tertiary/aromatic N) is 4. The fraction of sp³-hybridized carbons (Fsp3) is 0.353. The number of fused-ring (bicyclic) bond motifs is 2.